The highest BCUT2D eigenvalue weighted by Gasteiger charge is 2.28. The number of nitrogens with zero attached hydrogens (tertiary/aromatic N) is 1. The van der Waals surface area contributed by atoms with Crippen LogP contribution in [0.2, 0.25) is 0 Å². The fraction of sp³-hybridized carbons (Fsp3) is 0.385. The maximum absolute atomic E-state index is 13.4. The zero-order valence-electron chi connectivity index (χ0n) is 10.3. The minimum atomic E-state index is -0.900. The molecule has 1 aromatic rings. The Hall–Kier alpha value is -2.11. The van der Waals surface area contributed by atoms with Crippen LogP contribution in [-0.4, -0.2) is 35.1 Å². The number of halogens is 1. The molecule has 102 valence electrons. The molecule has 2 N–H and O–H groups in total. The summed E-state index contributed by atoms with van der Waals surface area (Å²) in [6, 6.07) is 5.41. The number of carboxylic acid groups (broad SMARTS) is 1. The molecule has 1 saturated heterocycles. The van der Waals surface area contributed by atoms with Gasteiger partial charge < -0.3 is 15.3 Å². The van der Waals surface area contributed by atoms with Crippen molar-refractivity contribution >= 4 is 17.7 Å². The van der Waals surface area contributed by atoms with Crippen molar-refractivity contribution in [2.24, 2.45) is 5.92 Å². The summed E-state index contributed by atoms with van der Waals surface area (Å²) in [7, 11) is 0. The van der Waals surface area contributed by atoms with Gasteiger partial charge in [-0.25, -0.2) is 9.18 Å². The Balaban J connectivity index is 2.00. The molecule has 0 radical (unpaired) electrons. The minimum absolute atomic E-state index is 0.102. The number of urea groups is 1. The van der Waals surface area contributed by atoms with Crippen molar-refractivity contribution in [1.82, 2.24) is 4.90 Å². The lowest BCUT2D eigenvalue weighted by molar-refractivity contribution is -0.143. The predicted octanol–water partition coefficient (Wildman–Crippen LogP) is 2.15. The molecule has 0 saturated carbocycles. The first-order valence-corrected chi connectivity index (χ1v) is 6.11. The summed E-state index contributed by atoms with van der Waals surface area (Å²) in [6.07, 6.45) is 1.21. The number of piperidine rings is 1. The Morgan fingerprint density at radius 2 is 2.11 bits per heavy atom. The minimum Gasteiger partial charge on any atom is -0.481 e. The van der Waals surface area contributed by atoms with E-state index in [-0.39, 0.29) is 12.2 Å². The molecule has 1 aliphatic heterocycles. The maximum atomic E-state index is 13.4. The molecule has 1 unspecified atom stereocenters. The third-order valence-electron chi connectivity index (χ3n) is 3.17. The molecule has 5 nitrogen and oxygen atoms in total. The highest BCUT2D eigenvalue weighted by atomic mass is 19.1. The smallest absolute Gasteiger partial charge is 0.321 e. The number of carbonyl (C=O) groups is 2. The highest BCUT2D eigenvalue weighted by molar-refractivity contribution is 5.89. The molecule has 19 heavy (non-hydrogen) atoms. The SMILES string of the molecule is O=C(O)C1CCCN(C(=O)Nc2ccccc2F)C1. The topological polar surface area (TPSA) is 69.6 Å². The van der Waals surface area contributed by atoms with E-state index in [1.54, 1.807) is 6.07 Å². The van der Waals surface area contributed by atoms with Gasteiger partial charge in [0.25, 0.3) is 0 Å². The van der Waals surface area contributed by atoms with E-state index in [0.717, 1.165) is 0 Å². The van der Waals surface area contributed by atoms with Crippen molar-refractivity contribution < 1.29 is 19.1 Å². The third-order valence-corrected chi connectivity index (χ3v) is 3.17. The number of amides is 2. The van der Waals surface area contributed by atoms with Crippen molar-refractivity contribution in [3.05, 3.63) is 30.1 Å². The summed E-state index contributed by atoms with van der Waals surface area (Å²) >= 11 is 0. The molecular weight excluding hydrogens is 251 g/mol. The largest absolute Gasteiger partial charge is 0.481 e. The van der Waals surface area contributed by atoms with Crippen LogP contribution in [0.25, 0.3) is 0 Å². The van der Waals surface area contributed by atoms with Gasteiger partial charge >= 0.3 is 12.0 Å². The number of benzene rings is 1. The van der Waals surface area contributed by atoms with Gasteiger partial charge in [-0.15, -0.1) is 0 Å². The number of likely N-dealkylation sites (tertiary alicyclic amines) is 1. The van der Waals surface area contributed by atoms with Crippen LogP contribution in [0.5, 0.6) is 0 Å². The van der Waals surface area contributed by atoms with Gasteiger partial charge in [0.15, 0.2) is 0 Å². The second-order valence-corrected chi connectivity index (χ2v) is 4.53. The average Bonchev–Trinajstić information content (AvgIpc) is 2.41. The van der Waals surface area contributed by atoms with Crippen molar-refractivity contribution in [3.8, 4) is 0 Å². The van der Waals surface area contributed by atoms with E-state index in [2.05, 4.69) is 5.32 Å². The fourth-order valence-electron chi connectivity index (χ4n) is 2.12. The van der Waals surface area contributed by atoms with Crippen LogP contribution in [-0.2, 0) is 4.79 Å². The Morgan fingerprint density at radius 3 is 2.79 bits per heavy atom. The van der Waals surface area contributed by atoms with Crippen molar-refractivity contribution in [3.63, 3.8) is 0 Å². The van der Waals surface area contributed by atoms with Crippen LogP contribution in [0.15, 0.2) is 24.3 Å². The van der Waals surface area contributed by atoms with E-state index in [1.807, 2.05) is 0 Å². The summed E-state index contributed by atoms with van der Waals surface area (Å²) in [5, 5.41) is 11.4. The van der Waals surface area contributed by atoms with Gasteiger partial charge in [0.2, 0.25) is 0 Å². The Morgan fingerprint density at radius 1 is 1.37 bits per heavy atom. The van der Waals surface area contributed by atoms with Crippen LogP contribution in [0, 0.1) is 11.7 Å². The number of hydrogen-bond donors (Lipinski definition) is 2. The number of hydrogen-bond acceptors (Lipinski definition) is 2. The van der Waals surface area contributed by atoms with Gasteiger partial charge in [-0.2, -0.15) is 0 Å². The van der Waals surface area contributed by atoms with E-state index in [0.29, 0.717) is 19.4 Å². The van der Waals surface area contributed by atoms with Gasteiger partial charge in [0, 0.05) is 13.1 Å². The van der Waals surface area contributed by atoms with Crippen LogP contribution in [0.1, 0.15) is 12.8 Å². The number of nitrogens with one attached hydrogen (secondary N) is 1. The first kappa shape index (κ1) is 13.3. The predicted molar refractivity (Wildman–Crippen MR) is 67.4 cm³/mol. The molecule has 6 heteroatoms. The van der Waals surface area contributed by atoms with Crippen LogP contribution >= 0.6 is 0 Å². The molecule has 1 fully saturated rings. The Kier molecular flexibility index (Phi) is 3.99. The summed E-state index contributed by atoms with van der Waals surface area (Å²) in [6.45, 7) is 0.652. The zero-order chi connectivity index (χ0) is 13.8. The zero-order valence-corrected chi connectivity index (χ0v) is 10.3. The van der Waals surface area contributed by atoms with Gasteiger partial charge in [-0.3, -0.25) is 4.79 Å². The Bertz CT molecular complexity index is 493. The third kappa shape index (κ3) is 3.21. The number of carbonyl (C=O) groups excluding carboxylic acids is 1. The van der Waals surface area contributed by atoms with Crippen molar-refractivity contribution in [2.75, 3.05) is 18.4 Å². The molecule has 1 aliphatic rings. The average molecular weight is 266 g/mol. The molecule has 0 aliphatic carbocycles. The van der Waals surface area contributed by atoms with Crippen LogP contribution in [0.4, 0.5) is 14.9 Å². The van der Waals surface area contributed by atoms with E-state index in [1.165, 1.54) is 23.1 Å². The summed E-state index contributed by atoms with van der Waals surface area (Å²) in [5.74, 6) is -1.95. The normalized spacial score (nSPS) is 19.0. The molecule has 0 aromatic heterocycles. The standard InChI is InChI=1S/C13H15FN2O3/c14-10-5-1-2-6-11(10)15-13(19)16-7-3-4-9(8-16)12(17)18/h1-2,5-6,9H,3-4,7-8H2,(H,15,19)(H,17,18). The molecule has 2 rings (SSSR count). The monoisotopic (exact) mass is 266 g/mol. The van der Waals surface area contributed by atoms with E-state index < -0.39 is 23.7 Å². The lowest BCUT2D eigenvalue weighted by Gasteiger charge is -2.30. The number of anilines is 1. The van der Waals surface area contributed by atoms with E-state index in [4.69, 9.17) is 5.11 Å². The number of para-hydroxylation sites is 1. The number of carboxylic acids is 1. The molecule has 1 heterocycles. The summed E-state index contributed by atoms with van der Waals surface area (Å²) < 4.78 is 13.4. The van der Waals surface area contributed by atoms with E-state index >= 15 is 0 Å². The van der Waals surface area contributed by atoms with Crippen molar-refractivity contribution in [2.45, 2.75) is 12.8 Å². The quantitative estimate of drug-likeness (QED) is 0.861. The number of aliphatic carboxylic acids is 1. The van der Waals surface area contributed by atoms with Gasteiger partial charge in [0.05, 0.1) is 11.6 Å². The second kappa shape index (κ2) is 5.69. The molecular formula is C13H15FN2O3. The number of rotatable bonds is 2. The second-order valence-electron chi connectivity index (χ2n) is 4.53. The lowest BCUT2D eigenvalue weighted by atomic mass is 9.99. The fourth-order valence-corrected chi connectivity index (χ4v) is 2.12. The van der Waals surface area contributed by atoms with Crippen LogP contribution < -0.4 is 5.32 Å². The summed E-state index contributed by atoms with van der Waals surface area (Å²) in [4.78, 5) is 24.3. The van der Waals surface area contributed by atoms with Crippen LogP contribution in [0.3, 0.4) is 0 Å². The molecule has 0 bridgehead atoms. The first-order valence-electron chi connectivity index (χ1n) is 6.11. The molecule has 1 aromatic carbocycles. The van der Waals surface area contributed by atoms with Gasteiger partial charge in [-0.05, 0) is 25.0 Å². The van der Waals surface area contributed by atoms with Gasteiger partial charge in [0.1, 0.15) is 5.82 Å². The lowest BCUT2D eigenvalue weighted by Crippen LogP contribution is -2.44. The highest BCUT2D eigenvalue weighted by Crippen LogP contribution is 2.19. The molecule has 2 amide bonds. The molecule has 1 atom stereocenters. The molecule has 0 spiro atoms. The van der Waals surface area contributed by atoms with E-state index in [9.17, 15) is 14.0 Å². The Labute approximate surface area is 110 Å². The van der Waals surface area contributed by atoms with Gasteiger partial charge in [-0.1, -0.05) is 12.1 Å². The first-order chi connectivity index (χ1) is 9.08. The summed E-state index contributed by atoms with van der Waals surface area (Å²) in [5.41, 5.74) is 0.102. The van der Waals surface area contributed by atoms with Crippen molar-refractivity contribution in [1.29, 1.82) is 0 Å². The maximum Gasteiger partial charge on any atom is 0.321 e.